The van der Waals surface area contributed by atoms with E-state index in [9.17, 15) is 0 Å². The summed E-state index contributed by atoms with van der Waals surface area (Å²) in [6.07, 6.45) is 3.80. The van der Waals surface area contributed by atoms with Crippen molar-refractivity contribution >= 4 is 29.9 Å². The van der Waals surface area contributed by atoms with Crippen LogP contribution in [0.15, 0.2) is 23.2 Å². The Balaban J connectivity index is 0.00000225. The minimum atomic E-state index is 0. The second-order valence-electron chi connectivity index (χ2n) is 6.73. The van der Waals surface area contributed by atoms with E-state index >= 15 is 0 Å². The number of benzene rings is 1. The predicted molar refractivity (Wildman–Crippen MR) is 112 cm³/mol. The fraction of sp³-hybridized carbons (Fsp3) is 0.632. The highest BCUT2D eigenvalue weighted by molar-refractivity contribution is 14.0. The Labute approximate surface area is 168 Å². The molecule has 2 fully saturated rings. The summed E-state index contributed by atoms with van der Waals surface area (Å²) in [5, 5.41) is 6.75. The van der Waals surface area contributed by atoms with Gasteiger partial charge < -0.3 is 20.1 Å². The summed E-state index contributed by atoms with van der Waals surface area (Å²) in [4.78, 5) is 4.73. The number of nitrogens with zero attached hydrogens (tertiary/aromatic N) is 1. The quantitative estimate of drug-likeness (QED) is 0.374. The van der Waals surface area contributed by atoms with Crippen LogP contribution in [0.5, 0.6) is 5.75 Å². The molecule has 0 bridgehead atoms. The Bertz CT molecular complexity index is 570. The van der Waals surface area contributed by atoms with Crippen LogP contribution < -0.4 is 15.4 Å². The molecule has 1 aromatic carbocycles. The second kappa shape index (κ2) is 10.2. The normalized spacial score (nSPS) is 20.1. The van der Waals surface area contributed by atoms with E-state index in [1.54, 1.807) is 0 Å². The molecule has 1 saturated heterocycles. The Kier molecular flexibility index (Phi) is 8.29. The van der Waals surface area contributed by atoms with E-state index in [4.69, 9.17) is 14.5 Å². The number of hydrogen-bond donors (Lipinski definition) is 2. The van der Waals surface area contributed by atoms with Crippen LogP contribution in [0.4, 0.5) is 0 Å². The van der Waals surface area contributed by atoms with Gasteiger partial charge in [0.25, 0.3) is 0 Å². The first-order chi connectivity index (χ1) is 11.7. The predicted octanol–water partition coefficient (Wildman–Crippen LogP) is 3.25. The van der Waals surface area contributed by atoms with Crippen molar-refractivity contribution in [1.82, 2.24) is 10.6 Å². The first-order valence-electron chi connectivity index (χ1n) is 9.10. The number of nitrogens with one attached hydrogen (secondary N) is 2. The molecule has 1 aliphatic carbocycles. The van der Waals surface area contributed by atoms with Crippen LogP contribution in [-0.2, 0) is 11.3 Å². The fourth-order valence-electron chi connectivity index (χ4n) is 2.76. The number of aryl methyl sites for hydroxylation is 1. The molecule has 1 unspecified atom stereocenters. The number of ether oxygens (including phenoxy) is 2. The van der Waals surface area contributed by atoms with Crippen molar-refractivity contribution < 1.29 is 9.47 Å². The summed E-state index contributed by atoms with van der Waals surface area (Å²) in [6, 6.07) is 6.34. The van der Waals surface area contributed by atoms with Crippen molar-refractivity contribution in [2.45, 2.75) is 45.8 Å². The smallest absolute Gasteiger partial charge is 0.191 e. The molecule has 2 aliphatic rings. The van der Waals surface area contributed by atoms with Gasteiger partial charge in [0.05, 0.1) is 19.8 Å². The summed E-state index contributed by atoms with van der Waals surface area (Å²) in [6.45, 7) is 8.15. The lowest BCUT2D eigenvalue weighted by atomic mass is 10.1. The lowest BCUT2D eigenvalue weighted by molar-refractivity contribution is 0.140. The minimum Gasteiger partial charge on any atom is -0.488 e. The highest BCUT2D eigenvalue weighted by atomic mass is 127. The van der Waals surface area contributed by atoms with Gasteiger partial charge in [0.1, 0.15) is 11.9 Å². The highest BCUT2D eigenvalue weighted by Gasteiger charge is 2.21. The number of halogens is 1. The summed E-state index contributed by atoms with van der Waals surface area (Å²) in [5.41, 5.74) is 2.33. The van der Waals surface area contributed by atoms with Crippen LogP contribution >= 0.6 is 24.0 Å². The van der Waals surface area contributed by atoms with Gasteiger partial charge in [-0.15, -0.1) is 24.0 Å². The van der Waals surface area contributed by atoms with Gasteiger partial charge in [-0.3, -0.25) is 0 Å². The maximum Gasteiger partial charge on any atom is 0.191 e. The van der Waals surface area contributed by atoms with Gasteiger partial charge >= 0.3 is 0 Å². The maximum absolute atomic E-state index is 6.15. The largest absolute Gasteiger partial charge is 0.488 e. The standard InChI is InChI=1S/C19H29N3O2.HI/c1-3-20-19(21-11-15-5-6-15)22-12-16-7-4-14(2)10-18(16)24-17-8-9-23-13-17;/h4,7,10,15,17H,3,5-6,8-9,11-13H2,1-2H3,(H2,20,21,22);1H. The first kappa shape index (κ1) is 20.3. The molecule has 140 valence electrons. The van der Waals surface area contributed by atoms with Crippen molar-refractivity contribution in [3.05, 3.63) is 29.3 Å². The molecule has 1 atom stereocenters. The zero-order valence-electron chi connectivity index (χ0n) is 15.2. The molecule has 25 heavy (non-hydrogen) atoms. The van der Waals surface area contributed by atoms with Crippen LogP contribution in [0.1, 0.15) is 37.3 Å². The number of guanidine groups is 1. The third-order valence-electron chi connectivity index (χ3n) is 4.41. The Hall–Kier alpha value is -1.02. The Morgan fingerprint density at radius 1 is 1.28 bits per heavy atom. The van der Waals surface area contributed by atoms with Crippen LogP contribution in [-0.4, -0.2) is 38.4 Å². The van der Waals surface area contributed by atoms with Crippen LogP contribution in [0.3, 0.4) is 0 Å². The Morgan fingerprint density at radius 3 is 2.80 bits per heavy atom. The van der Waals surface area contributed by atoms with E-state index in [-0.39, 0.29) is 30.1 Å². The van der Waals surface area contributed by atoms with E-state index in [0.29, 0.717) is 13.2 Å². The molecule has 0 spiro atoms. The third-order valence-corrected chi connectivity index (χ3v) is 4.41. The minimum absolute atomic E-state index is 0. The highest BCUT2D eigenvalue weighted by Crippen LogP contribution is 2.27. The van der Waals surface area contributed by atoms with Gasteiger partial charge in [0.2, 0.25) is 0 Å². The molecule has 5 nitrogen and oxygen atoms in total. The molecular formula is C19H30IN3O2. The molecule has 0 aromatic heterocycles. The van der Waals surface area contributed by atoms with E-state index < -0.39 is 0 Å². The van der Waals surface area contributed by atoms with Gasteiger partial charge in [-0.2, -0.15) is 0 Å². The lowest BCUT2D eigenvalue weighted by Crippen LogP contribution is -2.38. The Morgan fingerprint density at radius 2 is 2.12 bits per heavy atom. The topological polar surface area (TPSA) is 54.9 Å². The number of hydrogen-bond acceptors (Lipinski definition) is 3. The van der Waals surface area contributed by atoms with Crippen LogP contribution in [0.2, 0.25) is 0 Å². The average molecular weight is 459 g/mol. The average Bonchev–Trinajstić information content (AvgIpc) is 3.27. The van der Waals surface area contributed by atoms with Crippen molar-refractivity contribution in [3.8, 4) is 5.75 Å². The van der Waals surface area contributed by atoms with Gasteiger partial charge in [-0.25, -0.2) is 4.99 Å². The third kappa shape index (κ3) is 6.66. The van der Waals surface area contributed by atoms with E-state index in [0.717, 1.165) is 49.3 Å². The van der Waals surface area contributed by atoms with Crippen molar-refractivity contribution in [3.63, 3.8) is 0 Å². The monoisotopic (exact) mass is 459 g/mol. The van der Waals surface area contributed by atoms with Gasteiger partial charge in [-0.05, 0) is 44.2 Å². The molecule has 6 heteroatoms. The van der Waals surface area contributed by atoms with E-state index in [1.807, 2.05) is 0 Å². The molecule has 1 aliphatic heterocycles. The summed E-state index contributed by atoms with van der Waals surface area (Å²) >= 11 is 0. The summed E-state index contributed by atoms with van der Waals surface area (Å²) < 4.78 is 11.6. The van der Waals surface area contributed by atoms with Crippen molar-refractivity contribution in [2.75, 3.05) is 26.3 Å². The van der Waals surface area contributed by atoms with Gasteiger partial charge in [0.15, 0.2) is 5.96 Å². The summed E-state index contributed by atoms with van der Waals surface area (Å²) in [7, 11) is 0. The van der Waals surface area contributed by atoms with Gasteiger partial charge in [0, 0.05) is 25.1 Å². The summed E-state index contributed by atoms with van der Waals surface area (Å²) in [5.74, 6) is 2.65. The maximum atomic E-state index is 6.15. The zero-order valence-corrected chi connectivity index (χ0v) is 17.5. The van der Waals surface area contributed by atoms with Crippen LogP contribution in [0.25, 0.3) is 0 Å². The molecule has 1 heterocycles. The zero-order chi connectivity index (χ0) is 16.8. The second-order valence-corrected chi connectivity index (χ2v) is 6.73. The van der Waals surface area contributed by atoms with Crippen molar-refractivity contribution in [1.29, 1.82) is 0 Å². The SMILES string of the molecule is CCNC(=NCc1ccc(C)cc1OC1CCOC1)NCC1CC1.I. The lowest BCUT2D eigenvalue weighted by Gasteiger charge is -2.16. The molecule has 0 radical (unpaired) electrons. The molecule has 1 aromatic rings. The van der Waals surface area contributed by atoms with E-state index in [1.165, 1.54) is 18.4 Å². The molecule has 1 saturated carbocycles. The van der Waals surface area contributed by atoms with E-state index in [2.05, 4.69) is 42.7 Å². The number of rotatable bonds is 7. The molecule has 3 rings (SSSR count). The van der Waals surface area contributed by atoms with Gasteiger partial charge in [-0.1, -0.05) is 12.1 Å². The van der Waals surface area contributed by atoms with Crippen molar-refractivity contribution in [2.24, 2.45) is 10.9 Å². The molecule has 0 amide bonds. The first-order valence-corrected chi connectivity index (χ1v) is 9.10. The molecule has 2 N–H and O–H groups in total. The van der Waals surface area contributed by atoms with Crippen LogP contribution in [0, 0.1) is 12.8 Å². The fourth-order valence-corrected chi connectivity index (χ4v) is 2.76. The number of aliphatic imine (C=N–C) groups is 1. The molecular weight excluding hydrogens is 429 g/mol.